The molecule has 9 heteroatoms. The van der Waals surface area contributed by atoms with Gasteiger partial charge in [0.1, 0.15) is 0 Å². The summed E-state index contributed by atoms with van der Waals surface area (Å²) in [6.07, 6.45) is 0. The van der Waals surface area contributed by atoms with E-state index in [1.54, 1.807) is 42.5 Å². The Bertz CT molecular complexity index is 1180. The molecule has 2 N–H and O–H groups in total. The Balaban J connectivity index is 1.48. The first-order valence-corrected chi connectivity index (χ1v) is 11.7. The van der Waals surface area contributed by atoms with Crippen molar-refractivity contribution < 1.29 is 9.59 Å². The van der Waals surface area contributed by atoms with Gasteiger partial charge >= 0.3 is 6.03 Å². The standard InChI is InChI=1S/C23H21N5O2S2/c1-16(21(29)25-22(30)24-18-11-6-3-7-12-18)32-23-27-26-20(19-13-8-14-31-19)28(23)15-17-9-4-2-5-10-17/h2-14,16H,15H2,1H3,(H2,24,25,29,30). The third-order valence-corrected chi connectivity index (χ3v) is 6.51. The molecule has 162 valence electrons. The van der Waals surface area contributed by atoms with Gasteiger partial charge in [-0.2, -0.15) is 0 Å². The smallest absolute Gasteiger partial charge is 0.308 e. The number of carbonyl (C=O) groups excluding carboxylic acids is 2. The van der Waals surface area contributed by atoms with Crippen LogP contribution in [-0.4, -0.2) is 32.0 Å². The molecule has 32 heavy (non-hydrogen) atoms. The van der Waals surface area contributed by atoms with E-state index < -0.39 is 17.2 Å². The average molecular weight is 464 g/mol. The Morgan fingerprint density at radius 2 is 1.72 bits per heavy atom. The van der Waals surface area contributed by atoms with E-state index in [4.69, 9.17) is 0 Å². The molecule has 0 saturated carbocycles. The van der Waals surface area contributed by atoms with E-state index >= 15 is 0 Å². The van der Waals surface area contributed by atoms with Gasteiger partial charge in [0.05, 0.1) is 16.7 Å². The van der Waals surface area contributed by atoms with E-state index in [9.17, 15) is 9.59 Å². The molecule has 4 aromatic rings. The van der Waals surface area contributed by atoms with E-state index in [-0.39, 0.29) is 0 Å². The van der Waals surface area contributed by atoms with Crippen LogP contribution >= 0.6 is 23.1 Å². The number of thioether (sulfide) groups is 1. The van der Waals surface area contributed by atoms with E-state index in [1.165, 1.54) is 11.8 Å². The molecule has 0 bridgehead atoms. The van der Waals surface area contributed by atoms with Crippen molar-refractivity contribution in [2.75, 3.05) is 5.32 Å². The van der Waals surface area contributed by atoms with E-state index in [0.29, 0.717) is 17.4 Å². The summed E-state index contributed by atoms with van der Waals surface area (Å²) in [5.41, 5.74) is 1.72. The van der Waals surface area contributed by atoms with Crippen LogP contribution in [0.4, 0.5) is 10.5 Å². The maximum absolute atomic E-state index is 12.6. The molecule has 7 nitrogen and oxygen atoms in total. The number of nitrogens with one attached hydrogen (secondary N) is 2. The van der Waals surface area contributed by atoms with Crippen LogP contribution in [0.25, 0.3) is 10.7 Å². The zero-order chi connectivity index (χ0) is 22.3. The molecule has 0 saturated heterocycles. The molecule has 1 atom stereocenters. The van der Waals surface area contributed by atoms with Gasteiger partial charge in [0.25, 0.3) is 0 Å². The lowest BCUT2D eigenvalue weighted by molar-refractivity contribution is -0.119. The van der Waals surface area contributed by atoms with Gasteiger partial charge in [0.15, 0.2) is 11.0 Å². The molecule has 0 spiro atoms. The van der Waals surface area contributed by atoms with Crippen LogP contribution in [0.2, 0.25) is 0 Å². The number of urea groups is 1. The van der Waals surface area contributed by atoms with Gasteiger partial charge in [0, 0.05) is 5.69 Å². The number of carbonyl (C=O) groups is 2. The summed E-state index contributed by atoms with van der Waals surface area (Å²) >= 11 is 2.85. The number of benzene rings is 2. The second kappa shape index (κ2) is 10.3. The van der Waals surface area contributed by atoms with Gasteiger partial charge in [-0.15, -0.1) is 21.5 Å². The summed E-state index contributed by atoms with van der Waals surface area (Å²) in [4.78, 5) is 25.8. The van der Waals surface area contributed by atoms with Crippen molar-refractivity contribution in [3.8, 4) is 10.7 Å². The van der Waals surface area contributed by atoms with Gasteiger partial charge in [-0.1, -0.05) is 66.4 Å². The number of thiophene rings is 1. The number of hydrogen-bond donors (Lipinski definition) is 2. The summed E-state index contributed by atoms with van der Waals surface area (Å²) in [6.45, 7) is 2.31. The molecule has 0 radical (unpaired) electrons. The fourth-order valence-corrected chi connectivity index (χ4v) is 4.55. The molecule has 4 rings (SSSR count). The minimum atomic E-state index is -0.571. The SMILES string of the molecule is CC(Sc1nnc(-c2cccs2)n1Cc1ccccc1)C(=O)NC(=O)Nc1ccccc1. The Kier molecular flexibility index (Phi) is 6.98. The maximum Gasteiger partial charge on any atom is 0.325 e. The van der Waals surface area contributed by atoms with Gasteiger partial charge in [-0.3, -0.25) is 14.7 Å². The summed E-state index contributed by atoms with van der Waals surface area (Å²) in [5.74, 6) is 0.344. The molecule has 0 fully saturated rings. The lowest BCUT2D eigenvalue weighted by Gasteiger charge is -2.13. The first kappa shape index (κ1) is 21.8. The summed E-state index contributed by atoms with van der Waals surface area (Å²) in [5, 5.41) is 15.8. The van der Waals surface area contributed by atoms with Crippen LogP contribution in [0.15, 0.2) is 83.3 Å². The van der Waals surface area contributed by atoms with Crippen molar-refractivity contribution in [1.82, 2.24) is 20.1 Å². The summed E-state index contributed by atoms with van der Waals surface area (Å²) < 4.78 is 2.00. The predicted molar refractivity (Wildman–Crippen MR) is 128 cm³/mol. The zero-order valence-electron chi connectivity index (χ0n) is 17.3. The number of para-hydroxylation sites is 1. The molecular formula is C23H21N5O2S2. The molecular weight excluding hydrogens is 442 g/mol. The molecule has 3 amide bonds. The molecule has 1 unspecified atom stereocenters. The fourth-order valence-electron chi connectivity index (χ4n) is 2.98. The van der Waals surface area contributed by atoms with Crippen molar-refractivity contribution in [1.29, 1.82) is 0 Å². The van der Waals surface area contributed by atoms with Crippen molar-refractivity contribution in [3.05, 3.63) is 83.7 Å². The van der Waals surface area contributed by atoms with Gasteiger partial charge in [-0.25, -0.2) is 4.79 Å². The molecule has 0 aliphatic heterocycles. The van der Waals surface area contributed by atoms with Crippen molar-refractivity contribution in [2.24, 2.45) is 0 Å². The largest absolute Gasteiger partial charge is 0.325 e. The van der Waals surface area contributed by atoms with Crippen LogP contribution in [0, 0.1) is 0 Å². The first-order valence-electron chi connectivity index (χ1n) is 9.94. The van der Waals surface area contributed by atoms with E-state index in [0.717, 1.165) is 16.3 Å². The second-order valence-corrected chi connectivity index (χ2v) is 9.18. The Morgan fingerprint density at radius 1 is 1.00 bits per heavy atom. The quantitative estimate of drug-likeness (QED) is 0.381. The van der Waals surface area contributed by atoms with E-state index in [2.05, 4.69) is 20.8 Å². The number of anilines is 1. The summed E-state index contributed by atoms with van der Waals surface area (Å²) in [7, 11) is 0. The lowest BCUT2D eigenvalue weighted by atomic mass is 10.2. The fraction of sp³-hybridized carbons (Fsp3) is 0.130. The number of rotatable bonds is 7. The van der Waals surface area contributed by atoms with Crippen LogP contribution in [-0.2, 0) is 11.3 Å². The second-order valence-electron chi connectivity index (χ2n) is 6.92. The minimum Gasteiger partial charge on any atom is -0.308 e. The number of hydrogen-bond acceptors (Lipinski definition) is 6. The minimum absolute atomic E-state index is 0.407. The zero-order valence-corrected chi connectivity index (χ0v) is 18.9. The molecule has 2 aromatic carbocycles. The molecule has 0 aliphatic rings. The van der Waals surface area contributed by atoms with Crippen molar-refractivity contribution >= 4 is 40.7 Å². The average Bonchev–Trinajstić information content (AvgIpc) is 3.45. The highest BCUT2D eigenvalue weighted by molar-refractivity contribution is 8.00. The van der Waals surface area contributed by atoms with Crippen LogP contribution < -0.4 is 10.6 Å². The number of amides is 3. The summed E-state index contributed by atoms with van der Waals surface area (Å²) in [6, 6.07) is 22.4. The maximum atomic E-state index is 12.6. The van der Waals surface area contributed by atoms with Gasteiger partial charge in [0.2, 0.25) is 5.91 Å². The third kappa shape index (κ3) is 5.43. The van der Waals surface area contributed by atoms with Crippen molar-refractivity contribution in [3.63, 3.8) is 0 Å². The Hall–Kier alpha value is -3.43. The molecule has 2 aromatic heterocycles. The monoisotopic (exact) mass is 463 g/mol. The van der Waals surface area contributed by atoms with Gasteiger partial charge in [-0.05, 0) is 36.1 Å². The Morgan fingerprint density at radius 3 is 2.41 bits per heavy atom. The highest BCUT2D eigenvalue weighted by Gasteiger charge is 2.22. The number of nitrogens with zero attached hydrogens (tertiary/aromatic N) is 3. The highest BCUT2D eigenvalue weighted by atomic mass is 32.2. The van der Waals surface area contributed by atoms with E-state index in [1.807, 2.05) is 58.5 Å². The first-order chi connectivity index (χ1) is 15.6. The Labute approximate surface area is 193 Å². The van der Waals surface area contributed by atoms with Crippen LogP contribution in [0.1, 0.15) is 12.5 Å². The predicted octanol–water partition coefficient (Wildman–Crippen LogP) is 4.88. The molecule has 2 heterocycles. The topological polar surface area (TPSA) is 88.9 Å². The molecule has 0 aliphatic carbocycles. The van der Waals surface area contributed by atoms with Gasteiger partial charge < -0.3 is 5.32 Å². The highest BCUT2D eigenvalue weighted by Crippen LogP contribution is 2.30. The number of aromatic nitrogens is 3. The normalized spacial score (nSPS) is 11.7. The number of imide groups is 1. The van der Waals surface area contributed by atoms with Crippen LogP contribution in [0.3, 0.4) is 0 Å². The third-order valence-electron chi connectivity index (χ3n) is 4.56. The van der Waals surface area contributed by atoms with Crippen LogP contribution in [0.5, 0.6) is 0 Å². The lowest BCUT2D eigenvalue weighted by Crippen LogP contribution is -2.39. The van der Waals surface area contributed by atoms with Crippen molar-refractivity contribution in [2.45, 2.75) is 23.9 Å².